The minimum absolute atomic E-state index is 0.388. The van der Waals surface area contributed by atoms with Gasteiger partial charge in [0.1, 0.15) is 0 Å². The van der Waals surface area contributed by atoms with Crippen molar-refractivity contribution < 1.29 is 13.2 Å². The Hall–Kier alpha value is -2.13. The predicted octanol–water partition coefficient (Wildman–Crippen LogP) is 2.78. The zero-order valence-electron chi connectivity index (χ0n) is 15.8. The fourth-order valence-electron chi connectivity index (χ4n) is 3.04. The third-order valence-corrected chi connectivity index (χ3v) is 6.71. The van der Waals surface area contributed by atoms with Crippen molar-refractivity contribution in [2.75, 3.05) is 10.0 Å². The van der Waals surface area contributed by atoms with Crippen molar-refractivity contribution >= 4 is 38.9 Å². The SMILES string of the molecule is Cc1ccc(NS(=O)(=O)C2NNC(C)C2C(=O)Nc2ccc(C)c(Cl)c2)cc1. The Balaban J connectivity index is 1.79. The van der Waals surface area contributed by atoms with Gasteiger partial charge in [-0.3, -0.25) is 14.9 Å². The third-order valence-electron chi connectivity index (χ3n) is 4.71. The molecule has 2 aromatic carbocycles. The Kier molecular flexibility index (Phi) is 5.95. The van der Waals surface area contributed by atoms with E-state index in [0.29, 0.717) is 16.4 Å². The standard InChI is InChI=1S/C19H23ClN4O3S/c1-11-4-7-14(8-5-11)24-28(26,27)19-17(13(3)22-23-19)18(25)21-15-9-6-12(2)16(20)10-15/h4-10,13,17,19,22-24H,1-3H3,(H,21,25). The number of hydrogen-bond acceptors (Lipinski definition) is 5. The number of hydrogen-bond donors (Lipinski definition) is 4. The number of aryl methyl sites for hydroxylation is 2. The fraction of sp³-hybridized carbons (Fsp3) is 0.316. The Morgan fingerprint density at radius 3 is 2.32 bits per heavy atom. The van der Waals surface area contributed by atoms with E-state index in [1.54, 1.807) is 37.3 Å². The van der Waals surface area contributed by atoms with Crippen LogP contribution in [0.4, 0.5) is 11.4 Å². The summed E-state index contributed by atoms with van der Waals surface area (Å²) in [6.07, 6.45) is 0. The number of hydrazine groups is 1. The maximum absolute atomic E-state index is 12.9. The molecular formula is C19H23ClN4O3S. The highest BCUT2D eigenvalue weighted by atomic mass is 35.5. The van der Waals surface area contributed by atoms with Crippen LogP contribution in [-0.4, -0.2) is 25.7 Å². The van der Waals surface area contributed by atoms with Gasteiger partial charge in [-0.15, -0.1) is 0 Å². The quantitative estimate of drug-likeness (QED) is 0.593. The molecule has 0 aliphatic carbocycles. The summed E-state index contributed by atoms with van der Waals surface area (Å²) in [5.41, 5.74) is 8.45. The maximum Gasteiger partial charge on any atom is 0.250 e. The third kappa shape index (κ3) is 4.47. The lowest BCUT2D eigenvalue weighted by molar-refractivity contribution is -0.119. The number of halogens is 1. The summed E-state index contributed by atoms with van der Waals surface area (Å²) in [6.45, 7) is 5.53. The van der Waals surface area contributed by atoms with Crippen molar-refractivity contribution in [2.45, 2.75) is 32.2 Å². The molecule has 0 radical (unpaired) electrons. The molecule has 0 bridgehead atoms. The molecule has 4 N–H and O–H groups in total. The van der Waals surface area contributed by atoms with Crippen LogP contribution < -0.4 is 20.9 Å². The van der Waals surface area contributed by atoms with Gasteiger partial charge in [0.25, 0.3) is 10.0 Å². The van der Waals surface area contributed by atoms with E-state index in [-0.39, 0.29) is 6.04 Å². The summed E-state index contributed by atoms with van der Waals surface area (Å²) in [6, 6.07) is 11.8. The summed E-state index contributed by atoms with van der Waals surface area (Å²) in [5.74, 6) is -1.26. The van der Waals surface area contributed by atoms with Crippen molar-refractivity contribution in [1.29, 1.82) is 0 Å². The number of anilines is 2. The first-order chi connectivity index (χ1) is 13.2. The van der Waals surface area contributed by atoms with E-state index in [4.69, 9.17) is 11.6 Å². The van der Waals surface area contributed by atoms with Crippen LogP contribution in [0.1, 0.15) is 18.1 Å². The normalized spacial score (nSPS) is 22.1. The molecule has 1 fully saturated rings. The molecule has 1 heterocycles. The highest BCUT2D eigenvalue weighted by Gasteiger charge is 2.46. The molecule has 0 saturated carbocycles. The number of carbonyl (C=O) groups excluding carboxylic acids is 1. The lowest BCUT2D eigenvalue weighted by Crippen LogP contribution is -2.45. The van der Waals surface area contributed by atoms with Crippen molar-refractivity contribution in [3.63, 3.8) is 0 Å². The monoisotopic (exact) mass is 422 g/mol. The molecule has 3 unspecified atom stereocenters. The van der Waals surface area contributed by atoms with Gasteiger partial charge in [-0.25, -0.2) is 13.8 Å². The zero-order valence-corrected chi connectivity index (χ0v) is 17.4. The molecule has 0 spiro atoms. The number of nitrogens with one attached hydrogen (secondary N) is 4. The van der Waals surface area contributed by atoms with Gasteiger partial charge < -0.3 is 5.32 Å². The molecule has 1 amide bonds. The second kappa shape index (κ2) is 8.08. The summed E-state index contributed by atoms with van der Waals surface area (Å²) in [7, 11) is -3.87. The number of rotatable bonds is 5. The molecule has 9 heteroatoms. The van der Waals surface area contributed by atoms with Crippen LogP contribution in [0.25, 0.3) is 0 Å². The maximum atomic E-state index is 12.9. The van der Waals surface area contributed by atoms with E-state index < -0.39 is 27.2 Å². The first kappa shape index (κ1) is 20.6. The van der Waals surface area contributed by atoms with E-state index in [1.165, 1.54) is 0 Å². The van der Waals surface area contributed by atoms with Gasteiger partial charge in [0.15, 0.2) is 5.37 Å². The minimum Gasteiger partial charge on any atom is -0.326 e. The molecule has 3 rings (SSSR count). The molecule has 1 aliphatic heterocycles. The van der Waals surface area contributed by atoms with Gasteiger partial charge >= 0.3 is 0 Å². The lowest BCUT2D eigenvalue weighted by atomic mass is 10.0. The van der Waals surface area contributed by atoms with Crippen molar-refractivity contribution in [3.05, 3.63) is 58.6 Å². The van der Waals surface area contributed by atoms with Gasteiger partial charge in [-0.1, -0.05) is 35.4 Å². The van der Waals surface area contributed by atoms with E-state index in [0.717, 1.165) is 11.1 Å². The number of benzene rings is 2. The molecular weight excluding hydrogens is 400 g/mol. The average Bonchev–Trinajstić information content (AvgIpc) is 3.03. The van der Waals surface area contributed by atoms with Crippen LogP contribution in [0.15, 0.2) is 42.5 Å². The summed E-state index contributed by atoms with van der Waals surface area (Å²) in [4.78, 5) is 12.8. The number of sulfonamides is 1. The van der Waals surface area contributed by atoms with E-state index in [1.807, 2.05) is 26.0 Å². The lowest BCUT2D eigenvalue weighted by Gasteiger charge is -2.21. The van der Waals surface area contributed by atoms with Crippen molar-refractivity contribution in [1.82, 2.24) is 10.9 Å². The molecule has 7 nitrogen and oxygen atoms in total. The largest absolute Gasteiger partial charge is 0.326 e. The minimum atomic E-state index is -3.87. The molecule has 0 aromatic heterocycles. The van der Waals surface area contributed by atoms with E-state index >= 15 is 0 Å². The van der Waals surface area contributed by atoms with Gasteiger partial charge in [0.05, 0.1) is 5.92 Å². The van der Waals surface area contributed by atoms with Crippen LogP contribution in [0, 0.1) is 19.8 Å². The smallest absolute Gasteiger partial charge is 0.250 e. The molecule has 2 aromatic rings. The Morgan fingerprint density at radius 2 is 1.68 bits per heavy atom. The topological polar surface area (TPSA) is 99.3 Å². The van der Waals surface area contributed by atoms with Crippen LogP contribution in [0.2, 0.25) is 5.02 Å². The summed E-state index contributed by atoms with van der Waals surface area (Å²) < 4.78 is 28.3. The Morgan fingerprint density at radius 1 is 1.04 bits per heavy atom. The first-order valence-electron chi connectivity index (χ1n) is 8.84. The Labute approximate surface area is 169 Å². The van der Waals surface area contributed by atoms with Crippen LogP contribution >= 0.6 is 11.6 Å². The van der Waals surface area contributed by atoms with Crippen LogP contribution in [0.3, 0.4) is 0 Å². The molecule has 1 aliphatic rings. The number of amides is 1. The average molecular weight is 423 g/mol. The summed E-state index contributed by atoms with van der Waals surface area (Å²) in [5, 5.41) is 2.15. The van der Waals surface area contributed by atoms with Gasteiger partial charge in [0.2, 0.25) is 5.91 Å². The summed E-state index contributed by atoms with van der Waals surface area (Å²) >= 11 is 6.11. The Bertz CT molecular complexity index is 979. The van der Waals surface area contributed by atoms with Crippen molar-refractivity contribution in [3.8, 4) is 0 Å². The molecule has 1 saturated heterocycles. The van der Waals surface area contributed by atoms with Crippen LogP contribution in [-0.2, 0) is 14.8 Å². The van der Waals surface area contributed by atoms with E-state index in [2.05, 4.69) is 20.9 Å². The zero-order chi connectivity index (χ0) is 20.5. The van der Waals surface area contributed by atoms with Gasteiger partial charge in [-0.05, 0) is 50.6 Å². The van der Waals surface area contributed by atoms with E-state index in [9.17, 15) is 13.2 Å². The highest BCUT2D eigenvalue weighted by molar-refractivity contribution is 7.93. The fourth-order valence-corrected chi connectivity index (χ4v) is 4.78. The second-order valence-corrected chi connectivity index (χ2v) is 9.20. The molecule has 150 valence electrons. The number of carbonyl (C=O) groups is 1. The molecule has 3 atom stereocenters. The highest BCUT2D eigenvalue weighted by Crippen LogP contribution is 2.25. The van der Waals surface area contributed by atoms with Crippen LogP contribution in [0.5, 0.6) is 0 Å². The predicted molar refractivity (Wildman–Crippen MR) is 112 cm³/mol. The van der Waals surface area contributed by atoms with Gasteiger partial charge in [0, 0.05) is 22.4 Å². The van der Waals surface area contributed by atoms with Gasteiger partial charge in [-0.2, -0.15) is 0 Å². The van der Waals surface area contributed by atoms with Crippen molar-refractivity contribution in [2.24, 2.45) is 5.92 Å². The molecule has 28 heavy (non-hydrogen) atoms. The second-order valence-electron chi connectivity index (χ2n) is 6.99. The first-order valence-corrected chi connectivity index (χ1v) is 10.8.